The van der Waals surface area contributed by atoms with E-state index in [2.05, 4.69) is 11.9 Å². The summed E-state index contributed by atoms with van der Waals surface area (Å²) in [6.45, 7) is 2.26. The second-order valence-electron chi connectivity index (χ2n) is 5.45. The van der Waals surface area contributed by atoms with Crippen molar-refractivity contribution in [2.45, 2.75) is 71.1 Å². The summed E-state index contributed by atoms with van der Waals surface area (Å²) >= 11 is 0. The average Bonchev–Trinajstić information content (AvgIpc) is 2.45. The number of aliphatic imine (C=N–C) groups is 1. The minimum atomic E-state index is 0.280. The molecule has 0 fully saturated rings. The highest BCUT2D eigenvalue weighted by molar-refractivity contribution is 5.63. The van der Waals surface area contributed by atoms with Crippen molar-refractivity contribution in [3.63, 3.8) is 0 Å². The first-order valence-electron chi connectivity index (χ1n) is 8.14. The van der Waals surface area contributed by atoms with Crippen LogP contribution in [0.3, 0.4) is 0 Å². The zero-order chi connectivity index (χ0) is 14.5. The highest BCUT2D eigenvalue weighted by atomic mass is 16.3. The van der Waals surface area contributed by atoms with Crippen molar-refractivity contribution in [1.82, 2.24) is 0 Å². The molecule has 0 radical (unpaired) electrons. The molecule has 1 aromatic carbocycles. The van der Waals surface area contributed by atoms with Gasteiger partial charge in [-0.2, -0.15) is 0 Å². The third-order valence-corrected chi connectivity index (χ3v) is 3.51. The molecule has 1 N–H and O–H groups in total. The number of hydrogen-bond donors (Lipinski definition) is 1. The summed E-state index contributed by atoms with van der Waals surface area (Å²) in [4.78, 5) is 4.35. The van der Waals surface area contributed by atoms with Crippen LogP contribution in [-0.2, 0) is 0 Å². The lowest BCUT2D eigenvalue weighted by molar-refractivity contribution is 0.475. The normalized spacial score (nSPS) is 11.2. The summed E-state index contributed by atoms with van der Waals surface area (Å²) in [6.07, 6.45) is 15.2. The smallest absolute Gasteiger partial charge is 0.117 e. The van der Waals surface area contributed by atoms with E-state index in [1.807, 2.05) is 18.3 Å². The van der Waals surface area contributed by atoms with Gasteiger partial charge >= 0.3 is 0 Å². The third kappa shape index (κ3) is 8.73. The van der Waals surface area contributed by atoms with E-state index in [9.17, 15) is 5.11 Å². The van der Waals surface area contributed by atoms with E-state index in [1.54, 1.807) is 12.1 Å². The highest BCUT2D eigenvalue weighted by Crippen LogP contribution is 2.18. The number of nitrogens with zero attached hydrogens (tertiary/aromatic N) is 1. The second-order valence-corrected chi connectivity index (χ2v) is 5.45. The maximum Gasteiger partial charge on any atom is 0.117 e. The minimum Gasteiger partial charge on any atom is -0.508 e. The van der Waals surface area contributed by atoms with E-state index in [1.165, 1.54) is 57.8 Å². The Morgan fingerprint density at radius 3 is 2.25 bits per heavy atom. The maximum absolute atomic E-state index is 9.32. The fourth-order valence-corrected chi connectivity index (χ4v) is 2.29. The predicted molar refractivity (Wildman–Crippen MR) is 88.1 cm³/mol. The van der Waals surface area contributed by atoms with Crippen LogP contribution in [0.25, 0.3) is 0 Å². The van der Waals surface area contributed by atoms with Crippen LogP contribution in [0.5, 0.6) is 5.75 Å². The summed E-state index contributed by atoms with van der Waals surface area (Å²) in [5.41, 5.74) is 0.834. The summed E-state index contributed by atoms with van der Waals surface area (Å²) in [5, 5.41) is 9.32. The lowest BCUT2D eigenvalue weighted by Gasteiger charge is -2.00. The van der Waals surface area contributed by atoms with Crippen molar-refractivity contribution < 1.29 is 5.11 Å². The van der Waals surface area contributed by atoms with Crippen LogP contribution in [0.2, 0.25) is 0 Å². The van der Waals surface area contributed by atoms with Gasteiger partial charge in [0.2, 0.25) is 0 Å². The van der Waals surface area contributed by atoms with Crippen molar-refractivity contribution in [3.8, 4) is 5.75 Å². The topological polar surface area (TPSA) is 32.6 Å². The highest BCUT2D eigenvalue weighted by Gasteiger charge is 1.92. The van der Waals surface area contributed by atoms with Gasteiger partial charge in [0.1, 0.15) is 5.75 Å². The van der Waals surface area contributed by atoms with Crippen molar-refractivity contribution in [2.75, 3.05) is 0 Å². The summed E-state index contributed by atoms with van der Waals surface area (Å²) in [5.74, 6) is 0.280. The Bertz CT molecular complexity index is 373. The number of unbranched alkanes of at least 4 members (excludes halogenated alkanes) is 9. The molecule has 0 aromatic heterocycles. The molecule has 0 aliphatic rings. The molecule has 0 amide bonds. The molecule has 20 heavy (non-hydrogen) atoms. The number of aromatic hydroxyl groups is 1. The van der Waals surface area contributed by atoms with E-state index in [0.29, 0.717) is 0 Å². The SMILES string of the molecule is CCCCCCCCCCC/C=N\c1cccc(O)c1. The van der Waals surface area contributed by atoms with Crippen LogP contribution in [-0.4, -0.2) is 11.3 Å². The van der Waals surface area contributed by atoms with Crippen LogP contribution in [0.4, 0.5) is 5.69 Å². The summed E-state index contributed by atoms with van der Waals surface area (Å²) < 4.78 is 0. The van der Waals surface area contributed by atoms with Crippen LogP contribution in [0.15, 0.2) is 29.3 Å². The largest absolute Gasteiger partial charge is 0.508 e. The molecule has 1 rings (SSSR count). The molecule has 0 aliphatic heterocycles. The van der Waals surface area contributed by atoms with E-state index in [0.717, 1.165) is 12.1 Å². The number of rotatable bonds is 11. The number of phenols is 1. The Hall–Kier alpha value is -1.31. The van der Waals surface area contributed by atoms with Gasteiger partial charge in [0.15, 0.2) is 0 Å². The molecule has 0 heterocycles. The van der Waals surface area contributed by atoms with Crippen molar-refractivity contribution in [2.24, 2.45) is 4.99 Å². The Morgan fingerprint density at radius 1 is 0.950 bits per heavy atom. The number of phenolic OH excluding ortho intramolecular Hbond substituents is 1. The molecule has 112 valence electrons. The molecule has 0 aliphatic carbocycles. The molecule has 1 aromatic rings. The van der Waals surface area contributed by atoms with Crippen molar-refractivity contribution >= 4 is 11.9 Å². The molecule has 0 bridgehead atoms. The van der Waals surface area contributed by atoms with Crippen LogP contribution in [0, 0.1) is 0 Å². The Labute approximate surface area is 124 Å². The summed E-state index contributed by atoms with van der Waals surface area (Å²) in [6, 6.07) is 7.08. The molecule has 2 heteroatoms. The van der Waals surface area contributed by atoms with Gasteiger partial charge in [0, 0.05) is 12.3 Å². The van der Waals surface area contributed by atoms with E-state index in [4.69, 9.17) is 0 Å². The molecule has 0 unspecified atom stereocenters. The molecule has 0 spiro atoms. The first kappa shape index (κ1) is 16.7. The van der Waals surface area contributed by atoms with Gasteiger partial charge in [0.05, 0.1) is 5.69 Å². The van der Waals surface area contributed by atoms with Gasteiger partial charge in [-0.05, 0) is 25.0 Å². The van der Waals surface area contributed by atoms with Crippen molar-refractivity contribution in [1.29, 1.82) is 0 Å². The molecular weight excluding hydrogens is 246 g/mol. The first-order valence-corrected chi connectivity index (χ1v) is 8.14. The van der Waals surface area contributed by atoms with Gasteiger partial charge in [-0.25, -0.2) is 0 Å². The molecular formula is C18H29NO. The zero-order valence-electron chi connectivity index (χ0n) is 12.9. The van der Waals surface area contributed by atoms with Gasteiger partial charge in [-0.3, -0.25) is 4.99 Å². The molecule has 0 saturated heterocycles. The monoisotopic (exact) mass is 275 g/mol. The van der Waals surface area contributed by atoms with Gasteiger partial charge in [0.25, 0.3) is 0 Å². The standard InChI is InChI=1S/C18H29NO/c1-2-3-4-5-6-7-8-9-10-11-15-19-17-13-12-14-18(20)16-17/h12-16,20H,2-11H2,1H3/b19-15-. The van der Waals surface area contributed by atoms with Crippen molar-refractivity contribution in [3.05, 3.63) is 24.3 Å². The lowest BCUT2D eigenvalue weighted by atomic mass is 10.1. The quantitative estimate of drug-likeness (QED) is 0.389. The van der Waals surface area contributed by atoms with Gasteiger partial charge in [-0.15, -0.1) is 0 Å². The second kappa shape index (κ2) is 11.5. The average molecular weight is 275 g/mol. The predicted octanol–water partition coefficient (Wildman–Crippen LogP) is 6.02. The minimum absolute atomic E-state index is 0.280. The third-order valence-electron chi connectivity index (χ3n) is 3.51. The lowest BCUT2D eigenvalue weighted by Crippen LogP contribution is -1.82. The molecule has 2 nitrogen and oxygen atoms in total. The summed E-state index contributed by atoms with van der Waals surface area (Å²) in [7, 11) is 0. The zero-order valence-corrected chi connectivity index (χ0v) is 12.9. The van der Waals surface area contributed by atoms with Crippen LogP contribution < -0.4 is 0 Å². The van der Waals surface area contributed by atoms with E-state index < -0.39 is 0 Å². The van der Waals surface area contributed by atoms with Gasteiger partial charge in [-0.1, -0.05) is 64.4 Å². The van der Waals surface area contributed by atoms with E-state index >= 15 is 0 Å². The molecule has 0 saturated carbocycles. The number of benzene rings is 1. The van der Waals surface area contributed by atoms with Gasteiger partial charge < -0.3 is 5.11 Å². The fourth-order valence-electron chi connectivity index (χ4n) is 2.29. The van der Waals surface area contributed by atoms with E-state index in [-0.39, 0.29) is 5.75 Å². The first-order chi connectivity index (χ1) is 9.83. The fraction of sp³-hybridized carbons (Fsp3) is 0.611. The molecule has 0 atom stereocenters. The maximum atomic E-state index is 9.32. The van der Waals surface area contributed by atoms with Crippen LogP contribution in [0.1, 0.15) is 71.1 Å². The Morgan fingerprint density at radius 2 is 1.60 bits per heavy atom. The Balaban J connectivity index is 1.94. The Kier molecular flexibility index (Phi) is 9.64. The number of hydrogen-bond acceptors (Lipinski definition) is 2. The van der Waals surface area contributed by atoms with Crippen LogP contribution >= 0.6 is 0 Å².